The molecule has 0 aliphatic heterocycles. The normalized spacial score (nSPS) is 22.7. The first-order valence-corrected chi connectivity index (χ1v) is 5.49. The van der Waals surface area contributed by atoms with Gasteiger partial charge in [0.25, 0.3) is 5.91 Å². The Kier molecular flexibility index (Phi) is 3.55. The number of hydrogen-bond acceptors (Lipinski definition) is 5. The van der Waals surface area contributed by atoms with Crippen LogP contribution in [-0.2, 0) is 4.74 Å². The van der Waals surface area contributed by atoms with Crippen LogP contribution < -0.4 is 16.6 Å². The van der Waals surface area contributed by atoms with Gasteiger partial charge in [0, 0.05) is 25.5 Å². The Morgan fingerprint density at radius 1 is 1.59 bits per heavy atom. The number of rotatable bonds is 4. The molecule has 1 amide bonds. The van der Waals surface area contributed by atoms with Crippen LogP contribution in [0.15, 0.2) is 18.5 Å². The molecule has 92 valence electrons. The van der Waals surface area contributed by atoms with E-state index in [4.69, 9.17) is 10.6 Å². The highest BCUT2D eigenvalue weighted by Gasteiger charge is 2.30. The molecule has 0 unspecified atom stereocenters. The lowest BCUT2D eigenvalue weighted by atomic mass is 9.89. The number of pyridine rings is 1. The van der Waals surface area contributed by atoms with E-state index in [1.807, 2.05) is 0 Å². The third-order valence-corrected chi connectivity index (χ3v) is 2.98. The van der Waals surface area contributed by atoms with E-state index in [1.165, 1.54) is 6.20 Å². The van der Waals surface area contributed by atoms with Gasteiger partial charge in [0.2, 0.25) is 0 Å². The van der Waals surface area contributed by atoms with Crippen molar-refractivity contribution in [3.8, 4) is 0 Å². The number of hydrazine groups is 1. The monoisotopic (exact) mass is 236 g/mol. The molecule has 0 saturated heterocycles. The minimum atomic E-state index is -0.161. The molecule has 1 aliphatic carbocycles. The van der Waals surface area contributed by atoms with Crippen molar-refractivity contribution in [3.05, 3.63) is 24.0 Å². The molecule has 0 bridgehead atoms. The highest BCUT2D eigenvalue weighted by Crippen LogP contribution is 2.23. The summed E-state index contributed by atoms with van der Waals surface area (Å²) in [6.45, 7) is 0. The molecule has 6 nitrogen and oxygen atoms in total. The van der Waals surface area contributed by atoms with Crippen molar-refractivity contribution in [1.29, 1.82) is 0 Å². The molecule has 0 aromatic carbocycles. The van der Waals surface area contributed by atoms with Gasteiger partial charge in [-0.15, -0.1) is 0 Å². The molecular formula is C11H16N4O2. The van der Waals surface area contributed by atoms with Crippen LogP contribution in [0, 0.1) is 0 Å². The maximum absolute atomic E-state index is 11.9. The van der Waals surface area contributed by atoms with E-state index in [9.17, 15) is 4.79 Å². The van der Waals surface area contributed by atoms with Crippen LogP contribution in [-0.4, -0.2) is 30.1 Å². The second-order valence-corrected chi connectivity index (χ2v) is 4.07. The summed E-state index contributed by atoms with van der Waals surface area (Å²) in [6, 6.07) is 1.84. The number of hydrogen-bond donors (Lipinski definition) is 3. The zero-order valence-electron chi connectivity index (χ0n) is 9.64. The summed E-state index contributed by atoms with van der Waals surface area (Å²) in [5.74, 6) is 5.17. The SMILES string of the molecule is COC1CC(NC(=O)c2cnccc2NN)C1. The molecule has 6 heteroatoms. The van der Waals surface area contributed by atoms with Gasteiger partial charge in [-0.2, -0.15) is 0 Å². The Morgan fingerprint density at radius 2 is 2.35 bits per heavy atom. The van der Waals surface area contributed by atoms with Gasteiger partial charge < -0.3 is 15.5 Å². The second kappa shape index (κ2) is 5.11. The summed E-state index contributed by atoms with van der Waals surface area (Å²) >= 11 is 0. The molecule has 1 saturated carbocycles. The fraction of sp³-hybridized carbons (Fsp3) is 0.455. The Bertz CT molecular complexity index is 404. The highest BCUT2D eigenvalue weighted by molar-refractivity contribution is 5.99. The second-order valence-electron chi connectivity index (χ2n) is 4.07. The van der Waals surface area contributed by atoms with Gasteiger partial charge in [-0.3, -0.25) is 15.6 Å². The Labute approximate surface area is 99.5 Å². The summed E-state index contributed by atoms with van der Waals surface area (Å²) in [6.07, 6.45) is 5.05. The average Bonchev–Trinajstić information content (AvgIpc) is 2.32. The molecule has 1 fully saturated rings. The fourth-order valence-electron chi connectivity index (χ4n) is 1.84. The quantitative estimate of drug-likeness (QED) is 0.516. The number of nitrogens with two attached hydrogens (primary N) is 1. The van der Waals surface area contributed by atoms with Gasteiger partial charge in [0.15, 0.2) is 0 Å². The van der Waals surface area contributed by atoms with Crippen LogP contribution in [0.2, 0.25) is 0 Å². The Balaban J connectivity index is 1.96. The third-order valence-electron chi connectivity index (χ3n) is 2.98. The van der Waals surface area contributed by atoms with Gasteiger partial charge in [0.05, 0.1) is 17.4 Å². The zero-order valence-corrected chi connectivity index (χ0v) is 9.64. The predicted octanol–water partition coefficient (Wildman–Crippen LogP) is 0.274. The molecule has 1 heterocycles. The van der Waals surface area contributed by atoms with Gasteiger partial charge in [-0.1, -0.05) is 0 Å². The van der Waals surface area contributed by atoms with Crippen molar-refractivity contribution >= 4 is 11.6 Å². The lowest BCUT2D eigenvalue weighted by Gasteiger charge is -2.34. The number of aromatic nitrogens is 1. The maximum Gasteiger partial charge on any atom is 0.255 e. The van der Waals surface area contributed by atoms with E-state index in [0.717, 1.165) is 12.8 Å². The maximum atomic E-state index is 11.9. The highest BCUT2D eigenvalue weighted by atomic mass is 16.5. The van der Waals surface area contributed by atoms with E-state index in [0.29, 0.717) is 11.3 Å². The number of amides is 1. The first kappa shape index (κ1) is 11.8. The predicted molar refractivity (Wildman–Crippen MR) is 63.3 cm³/mol. The zero-order chi connectivity index (χ0) is 12.3. The van der Waals surface area contributed by atoms with Crippen molar-refractivity contribution in [2.45, 2.75) is 25.0 Å². The molecule has 1 aromatic heterocycles. The number of ether oxygens (including phenoxy) is 1. The van der Waals surface area contributed by atoms with E-state index >= 15 is 0 Å². The molecular weight excluding hydrogens is 220 g/mol. The average molecular weight is 236 g/mol. The molecule has 2 rings (SSSR count). The molecule has 0 spiro atoms. The van der Waals surface area contributed by atoms with Gasteiger partial charge in [-0.25, -0.2) is 0 Å². The topological polar surface area (TPSA) is 89.3 Å². The number of nitrogen functional groups attached to an aromatic ring is 1. The van der Waals surface area contributed by atoms with Crippen LogP contribution >= 0.6 is 0 Å². The van der Waals surface area contributed by atoms with Crippen molar-refractivity contribution in [2.24, 2.45) is 5.84 Å². The summed E-state index contributed by atoms with van der Waals surface area (Å²) in [5, 5.41) is 2.92. The van der Waals surface area contributed by atoms with Crippen molar-refractivity contribution in [3.63, 3.8) is 0 Å². The van der Waals surface area contributed by atoms with Gasteiger partial charge in [0.1, 0.15) is 0 Å². The van der Waals surface area contributed by atoms with E-state index in [1.54, 1.807) is 19.4 Å². The number of nitrogens with one attached hydrogen (secondary N) is 2. The van der Waals surface area contributed by atoms with E-state index in [-0.39, 0.29) is 18.1 Å². The lowest BCUT2D eigenvalue weighted by molar-refractivity contribution is 0.0176. The molecule has 1 aromatic rings. The summed E-state index contributed by atoms with van der Waals surface area (Å²) in [7, 11) is 1.68. The first-order chi connectivity index (χ1) is 8.24. The molecule has 0 atom stereocenters. The minimum absolute atomic E-state index is 0.161. The number of anilines is 1. The minimum Gasteiger partial charge on any atom is -0.381 e. The fourth-order valence-corrected chi connectivity index (χ4v) is 1.84. The molecule has 1 aliphatic rings. The van der Waals surface area contributed by atoms with Crippen molar-refractivity contribution in [1.82, 2.24) is 10.3 Å². The first-order valence-electron chi connectivity index (χ1n) is 5.49. The largest absolute Gasteiger partial charge is 0.381 e. The third kappa shape index (κ3) is 2.54. The van der Waals surface area contributed by atoms with Gasteiger partial charge >= 0.3 is 0 Å². The number of nitrogens with zero attached hydrogens (tertiary/aromatic N) is 1. The number of methoxy groups -OCH3 is 1. The van der Waals surface area contributed by atoms with Crippen LogP contribution in [0.1, 0.15) is 23.2 Å². The Hall–Kier alpha value is -1.66. The summed E-state index contributed by atoms with van der Waals surface area (Å²) in [5.41, 5.74) is 3.50. The standard InChI is InChI=1S/C11H16N4O2/c1-17-8-4-7(5-8)14-11(16)9-6-13-3-2-10(9)15-12/h2-3,6-8H,4-5,12H2,1H3,(H,13,15)(H,14,16). The number of carbonyl (C=O) groups is 1. The van der Waals surface area contributed by atoms with E-state index < -0.39 is 0 Å². The van der Waals surface area contributed by atoms with Gasteiger partial charge in [-0.05, 0) is 18.9 Å². The number of carbonyl (C=O) groups excluding carboxylic acids is 1. The van der Waals surface area contributed by atoms with Crippen molar-refractivity contribution < 1.29 is 9.53 Å². The molecule has 4 N–H and O–H groups in total. The van der Waals surface area contributed by atoms with Crippen LogP contribution in [0.5, 0.6) is 0 Å². The van der Waals surface area contributed by atoms with E-state index in [2.05, 4.69) is 15.7 Å². The Morgan fingerprint density at radius 3 is 3.00 bits per heavy atom. The molecule has 17 heavy (non-hydrogen) atoms. The summed E-state index contributed by atoms with van der Waals surface area (Å²) in [4.78, 5) is 15.9. The summed E-state index contributed by atoms with van der Waals surface area (Å²) < 4.78 is 5.15. The van der Waals surface area contributed by atoms with Crippen LogP contribution in [0.25, 0.3) is 0 Å². The van der Waals surface area contributed by atoms with Crippen LogP contribution in [0.4, 0.5) is 5.69 Å². The molecule has 0 radical (unpaired) electrons. The van der Waals surface area contributed by atoms with Crippen LogP contribution in [0.3, 0.4) is 0 Å². The van der Waals surface area contributed by atoms with Crippen molar-refractivity contribution in [2.75, 3.05) is 12.5 Å². The smallest absolute Gasteiger partial charge is 0.255 e. The lowest BCUT2D eigenvalue weighted by Crippen LogP contribution is -2.47.